The van der Waals surface area contributed by atoms with Crippen LogP contribution in [0.5, 0.6) is 0 Å². The fourth-order valence-corrected chi connectivity index (χ4v) is 4.75. The van der Waals surface area contributed by atoms with Gasteiger partial charge in [-0.2, -0.15) is 0 Å². The topological polar surface area (TPSA) is 78.5 Å². The van der Waals surface area contributed by atoms with E-state index in [9.17, 15) is 14.4 Å². The number of carbonyl (C=O) groups excluding carboxylic acids is 3. The molecule has 1 unspecified atom stereocenters. The second-order valence-corrected chi connectivity index (χ2v) is 8.28. The Bertz CT molecular complexity index is 1080. The lowest BCUT2D eigenvalue weighted by Gasteiger charge is -2.16. The SMILES string of the molecule is O=C(NNC(=O)C1CC(=O)N(Cc2ccccc2)C1)c1sc2ccccc2c1Cl. The number of hydrazine groups is 1. The average Bonchev–Trinajstić information content (AvgIpc) is 3.27. The van der Waals surface area contributed by atoms with Crippen LogP contribution in [0.1, 0.15) is 21.7 Å². The highest BCUT2D eigenvalue weighted by Gasteiger charge is 2.34. The van der Waals surface area contributed by atoms with Crippen LogP contribution in [0.15, 0.2) is 54.6 Å². The third-order valence-electron chi connectivity index (χ3n) is 4.84. The number of hydrogen-bond acceptors (Lipinski definition) is 4. The van der Waals surface area contributed by atoms with E-state index in [4.69, 9.17) is 11.6 Å². The Balaban J connectivity index is 1.35. The van der Waals surface area contributed by atoms with Crippen LogP contribution in [0.4, 0.5) is 0 Å². The highest BCUT2D eigenvalue weighted by atomic mass is 35.5. The van der Waals surface area contributed by atoms with E-state index < -0.39 is 11.8 Å². The van der Waals surface area contributed by atoms with Gasteiger partial charge in [0.15, 0.2) is 0 Å². The van der Waals surface area contributed by atoms with Crippen LogP contribution in [0.25, 0.3) is 10.1 Å². The van der Waals surface area contributed by atoms with Crippen LogP contribution in [0.2, 0.25) is 5.02 Å². The minimum absolute atomic E-state index is 0.0760. The zero-order valence-corrected chi connectivity index (χ0v) is 16.9. The number of thiophene rings is 1. The number of benzene rings is 2. The van der Waals surface area contributed by atoms with Gasteiger partial charge in [0.2, 0.25) is 11.8 Å². The Hall–Kier alpha value is -2.90. The van der Waals surface area contributed by atoms with Crippen LogP contribution in [-0.2, 0) is 16.1 Å². The van der Waals surface area contributed by atoms with Gasteiger partial charge in [0.05, 0.1) is 10.9 Å². The van der Waals surface area contributed by atoms with Crippen LogP contribution in [0, 0.1) is 5.92 Å². The first-order chi connectivity index (χ1) is 14.0. The summed E-state index contributed by atoms with van der Waals surface area (Å²) in [6, 6.07) is 17.1. The van der Waals surface area contributed by atoms with Crippen molar-refractivity contribution < 1.29 is 14.4 Å². The maximum Gasteiger partial charge on any atom is 0.281 e. The molecule has 8 heteroatoms. The monoisotopic (exact) mass is 427 g/mol. The second-order valence-electron chi connectivity index (χ2n) is 6.85. The van der Waals surface area contributed by atoms with Crippen LogP contribution >= 0.6 is 22.9 Å². The molecule has 1 aromatic heterocycles. The van der Waals surface area contributed by atoms with Crippen LogP contribution < -0.4 is 10.9 Å². The number of likely N-dealkylation sites (tertiary alicyclic amines) is 1. The molecule has 2 aromatic carbocycles. The molecular weight excluding hydrogens is 410 g/mol. The number of amides is 3. The summed E-state index contributed by atoms with van der Waals surface area (Å²) in [4.78, 5) is 39.1. The summed E-state index contributed by atoms with van der Waals surface area (Å²) in [5.41, 5.74) is 5.85. The van der Waals surface area contributed by atoms with Gasteiger partial charge < -0.3 is 4.90 Å². The summed E-state index contributed by atoms with van der Waals surface area (Å²) in [5.74, 6) is -1.45. The minimum Gasteiger partial charge on any atom is -0.338 e. The number of nitrogens with zero attached hydrogens (tertiary/aromatic N) is 1. The summed E-state index contributed by atoms with van der Waals surface area (Å²) in [6.45, 7) is 0.784. The van der Waals surface area contributed by atoms with Crippen molar-refractivity contribution in [2.75, 3.05) is 6.54 Å². The number of hydrogen-bond donors (Lipinski definition) is 2. The molecule has 4 rings (SSSR count). The Morgan fingerprint density at radius 3 is 2.55 bits per heavy atom. The zero-order chi connectivity index (χ0) is 20.4. The molecule has 1 atom stereocenters. The second kappa shape index (κ2) is 8.23. The lowest BCUT2D eigenvalue weighted by Crippen LogP contribution is -2.45. The predicted octanol–water partition coefficient (Wildman–Crippen LogP) is 3.36. The molecule has 1 saturated heterocycles. The quantitative estimate of drug-likeness (QED) is 0.626. The number of rotatable bonds is 4. The van der Waals surface area contributed by atoms with Crippen molar-refractivity contribution >= 4 is 50.7 Å². The van der Waals surface area contributed by atoms with E-state index >= 15 is 0 Å². The van der Waals surface area contributed by atoms with Crippen LogP contribution in [0.3, 0.4) is 0 Å². The highest BCUT2D eigenvalue weighted by molar-refractivity contribution is 7.21. The van der Waals surface area contributed by atoms with Gasteiger partial charge in [-0.1, -0.05) is 60.1 Å². The van der Waals surface area contributed by atoms with E-state index in [-0.39, 0.29) is 18.2 Å². The van der Waals surface area contributed by atoms with Gasteiger partial charge in [0, 0.05) is 29.6 Å². The van der Waals surface area contributed by atoms with Gasteiger partial charge in [-0.3, -0.25) is 25.2 Å². The number of nitrogens with one attached hydrogen (secondary N) is 2. The average molecular weight is 428 g/mol. The molecular formula is C21H18ClN3O3S. The summed E-state index contributed by atoms with van der Waals surface area (Å²) < 4.78 is 0.895. The van der Waals surface area contributed by atoms with E-state index in [1.165, 1.54) is 11.3 Å². The normalized spacial score (nSPS) is 16.2. The van der Waals surface area contributed by atoms with Crippen molar-refractivity contribution in [3.8, 4) is 0 Å². The predicted molar refractivity (Wildman–Crippen MR) is 112 cm³/mol. The molecule has 148 valence electrons. The molecule has 0 radical (unpaired) electrons. The third kappa shape index (κ3) is 4.11. The number of fused-ring (bicyclic) bond motifs is 1. The third-order valence-corrected chi connectivity index (χ3v) is 6.52. The number of halogens is 1. The minimum atomic E-state index is -0.510. The first-order valence-corrected chi connectivity index (χ1v) is 10.3. The molecule has 1 fully saturated rings. The maximum atomic E-state index is 12.4. The molecule has 0 bridgehead atoms. The zero-order valence-electron chi connectivity index (χ0n) is 15.4. The van der Waals surface area contributed by atoms with Gasteiger partial charge in [-0.25, -0.2) is 0 Å². The summed E-state index contributed by atoms with van der Waals surface area (Å²) in [7, 11) is 0. The molecule has 2 heterocycles. The summed E-state index contributed by atoms with van der Waals surface area (Å²) in [6.07, 6.45) is 0.123. The molecule has 3 aromatic rings. The van der Waals surface area contributed by atoms with Gasteiger partial charge in [0.1, 0.15) is 4.88 Å². The summed E-state index contributed by atoms with van der Waals surface area (Å²) in [5, 5.41) is 1.16. The molecule has 0 spiro atoms. The molecule has 6 nitrogen and oxygen atoms in total. The fourth-order valence-electron chi connectivity index (χ4n) is 3.34. The Morgan fingerprint density at radius 1 is 1.07 bits per heavy atom. The first-order valence-electron chi connectivity index (χ1n) is 9.12. The number of carbonyl (C=O) groups is 3. The van der Waals surface area contributed by atoms with Crippen molar-refractivity contribution in [2.45, 2.75) is 13.0 Å². The lowest BCUT2D eigenvalue weighted by molar-refractivity contribution is -0.129. The molecule has 1 aliphatic heterocycles. The van der Waals surface area contributed by atoms with Gasteiger partial charge in [-0.05, 0) is 11.6 Å². The standard InChI is InChI=1S/C21H18ClN3O3S/c22-18-15-8-4-5-9-16(15)29-19(18)21(28)24-23-20(27)14-10-17(26)25(12-14)11-13-6-2-1-3-7-13/h1-9,14H,10-12H2,(H,23,27)(H,24,28). The molecule has 29 heavy (non-hydrogen) atoms. The van der Waals surface area contributed by atoms with Crippen molar-refractivity contribution in [2.24, 2.45) is 5.92 Å². The molecule has 3 amide bonds. The molecule has 0 saturated carbocycles. The Kier molecular flexibility index (Phi) is 5.51. The van der Waals surface area contributed by atoms with Gasteiger partial charge in [-0.15, -0.1) is 11.3 Å². The Labute approximate surface area is 176 Å². The van der Waals surface area contributed by atoms with Gasteiger partial charge in [0.25, 0.3) is 5.91 Å². The summed E-state index contributed by atoms with van der Waals surface area (Å²) >= 11 is 7.56. The Morgan fingerprint density at radius 2 is 1.79 bits per heavy atom. The molecule has 0 aliphatic carbocycles. The van der Waals surface area contributed by atoms with Crippen molar-refractivity contribution in [1.82, 2.24) is 15.8 Å². The van der Waals surface area contributed by atoms with Gasteiger partial charge >= 0.3 is 0 Å². The van der Waals surface area contributed by atoms with Crippen molar-refractivity contribution in [1.29, 1.82) is 0 Å². The van der Waals surface area contributed by atoms with E-state index in [1.807, 2.05) is 54.6 Å². The van der Waals surface area contributed by atoms with E-state index in [2.05, 4.69) is 10.9 Å². The first kappa shape index (κ1) is 19.4. The molecule has 2 N–H and O–H groups in total. The largest absolute Gasteiger partial charge is 0.338 e. The van der Waals surface area contributed by atoms with E-state index in [1.54, 1.807) is 4.90 Å². The smallest absolute Gasteiger partial charge is 0.281 e. The highest BCUT2D eigenvalue weighted by Crippen LogP contribution is 2.34. The van der Waals surface area contributed by atoms with Crippen molar-refractivity contribution in [3.05, 3.63) is 70.1 Å². The fraction of sp³-hybridized carbons (Fsp3) is 0.190. The van der Waals surface area contributed by atoms with Crippen LogP contribution in [-0.4, -0.2) is 29.2 Å². The van der Waals surface area contributed by atoms with E-state index in [0.717, 1.165) is 15.6 Å². The lowest BCUT2D eigenvalue weighted by atomic mass is 10.1. The maximum absolute atomic E-state index is 12.4. The van der Waals surface area contributed by atoms with Crippen molar-refractivity contribution in [3.63, 3.8) is 0 Å². The van der Waals surface area contributed by atoms with E-state index in [0.29, 0.717) is 23.0 Å². The molecule has 1 aliphatic rings.